The molecule has 1 heterocycles. The molecule has 0 aromatic heterocycles. The zero-order chi connectivity index (χ0) is 11.4. The Balaban J connectivity index is 2.24. The van der Waals surface area contributed by atoms with Gasteiger partial charge < -0.3 is 5.32 Å². The third-order valence-electron chi connectivity index (χ3n) is 3.69. The van der Waals surface area contributed by atoms with Crippen LogP contribution in [0.2, 0.25) is 0 Å². The summed E-state index contributed by atoms with van der Waals surface area (Å²) in [6, 6.07) is 5.33. The van der Waals surface area contributed by atoms with Crippen molar-refractivity contribution < 1.29 is 8.42 Å². The van der Waals surface area contributed by atoms with E-state index in [1.54, 1.807) is 12.1 Å². The van der Waals surface area contributed by atoms with E-state index in [-0.39, 0.29) is 0 Å². The molecule has 1 saturated carbocycles. The van der Waals surface area contributed by atoms with E-state index in [1.165, 1.54) is 0 Å². The van der Waals surface area contributed by atoms with Crippen LogP contribution in [0.5, 0.6) is 0 Å². The smallest absolute Gasteiger partial charge is 0.187 e. The molecule has 1 aliphatic heterocycles. The first kappa shape index (κ1) is 10.6. The van der Waals surface area contributed by atoms with Gasteiger partial charge in [-0.15, -0.1) is 0 Å². The number of benzene rings is 1. The minimum atomic E-state index is -3.16. The van der Waals surface area contributed by atoms with Gasteiger partial charge in [0.05, 0.1) is 15.3 Å². The van der Waals surface area contributed by atoms with E-state index in [0.717, 1.165) is 29.4 Å². The minimum Gasteiger partial charge on any atom is -0.381 e. The van der Waals surface area contributed by atoms with Gasteiger partial charge in [0.2, 0.25) is 0 Å². The molecule has 0 atom stereocenters. The lowest BCUT2D eigenvalue weighted by molar-refractivity contribution is 0.347. The molecule has 1 fully saturated rings. The first-order chi connectivity index (χ1) is 7.57. The Morgan fingerprint density at radius 3 is 2.69 bits per heavy atom. The molecule has 0 bridgehead atoms. The van der Waals surface area contributed by atoms with Gasteiger partial charge in [-0.25, -0.2) is 8.42 Å². The standard InChI is InChI=1S/C11H12BrNO2S/c12-8-3-1-4-9-10(8)13-7-11(5-2-6-11)16(9,14)15/h1,3-4,13H,2,5-7H2. The first-order valence-electron chi connectivity index (χ1n) is 5.34. The molecule has 0 unspecified atom stereocenters. The van der Waals surface area contributed by atoms with Gasteiger partial charge in [-0.2, -0.15) is 0 Å². The van der Waals surface area contributed by atoms with Crippen LogP contribution in [-0.2, 0) is 9.84 Å². The number of nitrogens with one attached hydrogen (secondary N) is 1. The van der Waals surface area contributed by atoms with Crippen molar-refractivity contribution in [3.63, 3.8) is 0 Å². The van der Waals surface area contributed by atoms with Gasteiger partial charge in [0.1, 0.15) is 0 Å². The second-order valence-corrected chi connectivity index (χ2v) is 7.67. The van der Waals surface area contributed by atoms with E-state index in [9.17, 15) is 8.42 Å². The van der Waals surface area contributed by atoms with Gasteiger partial charge in [0, 0.05) is 11.0 Å². The van der Waals surface area contributed by atoms with Gasteiger partial charge in [-0.3, -0.25) is 0 Å². The molecule has 0 radical (unpaired) electrons. The van der Waals surface area contributed by atoms with Crippen LogP contribution in [0.25, 0.3) is 0 Å². The van der Waals surface area contributed by atoms with E-state index in [0.29, 0.717) is 11.4 Å². The summed E-state index contributed by atoms with van der Waals surface area (Å²) in [5.74, 6) is 0. The highest BCUT2D eigenvalue weighted by molar-refractivity contribution is 9.10. The Morgan fingerprint density at radius 1 is 1.31 bits per heavy atom. The first-order valence-corrected chi connectivity index (χ1v) is 7.61. The van der Waals surface area contributed by atoms with Crippen molar-refractivity contribution in [1.82, 2.24) is 0 Å². The van der Waals surface area contributed by atoms with Crippen LogP contribution < -0.4 is 5.32 Å². The molecule has 3 nitrogen and oxygen atoms in total. The van der Waals surface area contributed by atoms with Crippen LogP contribution >= 0.6 is 15.9 Å². The van der Waals surface area contributed by atoms with E-state index in [4.69, 9.17) is 0 Å². The number of hydrogen-bond donors (Lipinski definition) is 1. The highest BCUT2D eigenvalue weighted by Crippen LogP contribution is 2.48. The number of para-hydroxylation sites is 1. The second kappa shape index (κ2) is 3.23. The fraction of sp³-hybridized carbons (Fsp3) is 0.455. The maximum absolute atomic E-state index is 12.5. The molecule has 0 saturated heterocycles. The Kier molecular flexibility index (Phi) is 2.14. The molecule has 5 heteroatoms. The van der Waals surface area contributed by atoms with Crippen LogP contribution in [0.4, 0.5) is 5.69 Å². The zero-order valence-electron chi connectivity index (χ0n) is 8.66. The van der Waals surface area contributed by atoms with Crippen molar-refractivity contribution in [3.8, 4) is 0 Å². The molecule has 1 N–H and O–H groups in total. The van der Waals surface area contributed by atoms with Crippen molar-refractivity contribution in [2.45, 2.75) is 28.9 Å². The second-order valence-electron chi connectivity index (χ2n) is 4.51. The molecule has 1 aliphatic carbocycles. The SMILES string of the molecule is O=S1(=O)c2cccc(Br)c2NCC12CCC2. The van der Waals surface area contributed by atoms with Gasteiger partial charge in [-0.1, -0.05) is 12.5 Å². The summed E-state index contributed by atoms with van der Waals surface area (Å²) in [6.45, 7) is 0.547. The van der Waals surface area contributed by atoms with E-state index in [2.05, 4.69) is 21.2 Å². The molecule has 16 heavy (non-hydrogen) atoms. The normalized spacial score (nSPS) is 24.3. The quantitative estimate of drug-likeness (QED) is 0.801. The highest BCUT2D eigenvalue weighted by Gasteiger charge is 2.52. The number of halogens is 1. The summed E-state index contributed by atoms with van der Waals surface area (Å²) >= 11 is 3.38. The van der Waals surface area contributed by atoms with Crippen LogP contribution in [-0.4, -0.2) is 19.7 Å². The lowest BCUT2D eigenvalue weighted by Gasteiger charge is -2.44. The monoisotopic (exact) mass is 301 g/mol. The average molecular weight is 302 g/mol. The van der Waals surface area contributed by atoms with E-state index in [1.807, 2.05) is 6.07 Å². The molecule has 1 aromatic rings. The van der Waals surface area contributed by atoms with Gasteiger partial charge >= 0.3 is 0 Å². The van der Waals surface area contributed by atoms with Crippen LogP contribution in [0.15, 0.2) is 27.6 Å². The summed E-state index contributed by atoms with van der Waals surface area (Å²) in [5.41, 5.74) is 0.722. The predicted molar refractivity (Wildman–Crippen MR) is 66.4 cm³/mol. The molecule has 2 aliphatic rings. The third kappa shape index (κ3) is 1.16. The molecular weight excluding hydrogens is 290 g/mol. The van der Waals surface area contributed by atoms with E-state index >= 15 is 0 Å². The Labute approximate surface area is 103 Å². The predicted octanol–water partition coefficient (Wildman–Crippen LogP) is 2.57. The maximum atomic E-state index is 12.5. The molecule has 3 rings (SSSR count). The van der Waals surface area contributed by atoms with Gasteiger partial charge in [0.15, 0.2) is 9.84 Å². The minimum absolute atomic E-state index is 0.452. The maximum Gasteiger partial charge on any atom is 0.187 e. The zero-order valence-corrected chi connectivity index (χ0v) is 11.1. The summed E-state index contributed by atoms with van der Waals surface area (Å²) < 4.78 is 25.3. The molecular formula is C11H12BrNO2S. The summed E-state index contributed by atoms with van der Waals surface area (Å²) in [5, 5.41) is 3.25. The van der Waals surface area contributed by atoms with Crippen LogP contribution in [0.1, 0.15) is 19.3 Å². The van der Waals surface area contributed by atoms with Crippen molar-refractivity contribution >= 4 is 31.5 Å². The highest BCUT2D eigenvalue weighted by atomic mass is 79.9. The van der Waals surface area contributed by atoms with Crippen molar-refractivity contribution in [2.24, 2.45) is 0 Å². The summed E-state index contributed by atoms with van der Waals surface area (Å²) in [7, 11) is -3.16. The fourth-order valence-corrected chi connectivity index (χ4v) is 5.40. The lowest BCUT2D eigenvalue weighted by Crippen LogP contribution is -2.53. The Morgan fingerprint density at radius 2 is 2.06 bits per heavy atom. The number of sulfone groups is 1. The molecule has 1 aromatic carbocycles. The third-order valence-corrected chi connectivity index (χ3v) is 6.96. The van der Waals surface area contributed by atoms with Gasteiger partial charge in [0.25, 0.3) is 0 Å². The Bertz CT molecular complexity index is 549. The lowest BCUT2D eigenvalue weighted by atomic mass is 9.84. The molecule has 86 valence electrons. The van der Waals surface area contributed by atoms with Crippen molar-refractivity contribution in [2.75, 3.05) is 11.9 Å². The number of fused-ring (bicyclic) bond motifs is 1. The topological polar surface area (TPSA) is 46.2 Å². The summed E-state index contributed by atoms with van der Waals surface area (Å²) in [4.78, 5) is 0.452. The molecule has 1 spiro atoms. The average Bonchev–Trinajstić information content (AvgIpc) is 2.16. The summed E-state index contributed by atoms with van der Waals surface area (Å²) in [6.07, 6.45) is 2.59. The van der Waals surface area contributed by atoms with Crippen LogP contribution in [0.3, 0.4) is 0 Å². The number of rotatable bonds is 0. The molecule has 0 amide bonds. The fourth-order valence-electron chi connectivity index (χ4n) is 2.49. The van der Waals surface area contributed by atoms with E-state index < -0.39 is 14.6 Å². The number of anilines is 1. The largest absolute Gasteiger partial charge is 0.381 e. The van der Waals surface area contributed by atoms with Crippen molar-refractivity contribution in [3.05, 3.63) is 22.7 Å². The van der Waals surface area contributed by atoms with Gasteiger partial charge in [-0.05, 0) is 40.9 Å². The van der Waals surface area contributed by atoms with Crippen LogP contribution in [0, 0.1) is 0 Å². The number of hydrogen-bond acceptors (Lipinski definition) is 3. The Hall–Kier alpha value is -0.550. The van der Waals surface area contributed by atoms with Crippen molar-refractivity contribution in [1.29, 1.82) is 0 Å².